The van der Waals surface area contributed by atoms with E-state index in [0.717, 1.165) is 24.9 Å². The molecule has 2 unspecified atom stereocenters. The van der Waals surface area contributed by atoms with Crippen LogP contribution in [0.1, 0.15) is 6.42 Å². The molecular formula is C23H27F2N7. The SMILES string of the molecule is CNC1(CCN(C)C)C=CC(Nc2ncc(F)c(-c3c[nH]c4c(F)cccc34)n2)=CC1N. The molecule has 5 N–H and O–H groups in total. The predicted octanol–water partition coefficient (Wildman–Crippen LogP) is 3.01. The van der Waals surface area contributed by atoms with Crippen LogP contribution >= 0.6 is 0 Å². The standard InChI is InChI=1S/C23H27F2N7/c1-27-23(9-10-32(2)3)8-7-14(11-19(23)26)30-22-29-13-18(25)21(31-22)16-12-28-20-15(16)5-4-6-17(20)24/h4-8,11-13,19,27-28H,9-10,26H2,1-3H3,(H,29,30,31). The van der Waals surface area contributed by atoms with Gasteiger partial charge in [0.15, 0.2) is 5.82 Å². The normalized spacial score (nSPS) is 20.7. The third kappa shape index (κ3) is 4.14. The number of anilines is 1. The third-order valence-electron chi connectivity index (χ3n) is 5.87. The van der Waals surface area contributed by atoms with Gasteiger partial charge in [0.05, 0.1) is 17.3 Å². The van der Waals surface area contributed by atoms with Crippen LogP contribution in [0.5, 0.6) is 0 Å². The van der Waals surface area contributed by atoms with Crippen molar-refractivity contribution in [3.63, 3.8) is 0 Å². The van der Waals surface area contributed by atoms with Crippen LogP contribution in [0, 0.1) is 11.6 Å². The highest BCUT2D eigenvalue weighted by molar-refractivity contribution is 5.95. The molecule has 2 aromatic heterocycles. The van der Waals surface area contributed by atoms with Crippen LogP contribution in [0.2, 0.25) is 0 Å². The first-order valence-electron chi connectivity index (χ1n) is 10.4. The van der Waals surface area contributed by atoms with Crippen molar-refractivity contribution in [2.24, 2.45) is 5.73 Å². The zero-order valence-corrected chi connectivity index (χ0v) is 18.3. The number of likely N-dealkylation sites (N-methyl/N-ethyl adjacent to an activating group) is 1. The summed E-state index contributed by atoms with van der Waals surface area (Å²) in [6.45, 7) is 0.880. The van der Waals surface area contributed by atoms with Crippen molar-refractivity contribution < 1.29 is 8.78 Å². The second-order valence-corrected chi connectivity index (χ2v) is 8.20. The fourth-order valence-electron chi connectivity index (χ4n) is 3.92. The molecule has 0 bridgehead atoms. The number of nitrogens with zero attached hydrogens (tertiary/aromatic N) is 3. The number of benzene rings is 1. The summed E-state index contributed by atoms with van der Waals surface area (Å²) in [5.74, 6) is -0.778. The Morgan fingerprint density at radius 1 is 1.25 bits per heavy atom. The van der Waals surface area contributed by atoms with Gasteiger partial charge in [-0.2, -0.15) is 0 Å². The third-order valence-corrected chi connectivity index (χ3v) is 5.87. The van der Waals surface area contributed by atoms with Crippen molar-refractivity contribution >= 4 is 16.9 Å². The van der Waals surface area contributed by atoms with Gasteiger partial charge in [0.2, 0.25) is 5.95 Å². The molecule has 0 radical (unpaired) electrons. The first-order valence-corrected chi connectivity index (χ1v) is 10.4. The zero-order valence-electron chi connectivity index (χ0n) is 18.3. The summed E-state index contributed by atoms with van der Waals surface area (Å²) in [5.41, 5.74) is 7.68. The number of aromatic amines is 1. The Morgan fingerprint density at radius 3 is 2.78 bits per heavy atom. The Labute approximate surface area is 185 Å². The Balaban J connectivity index is 1.59. The molecule has 9 heteroatoms. The average molecular weight is 440 g/mol. The second kappa shape index (κ2) is 8.78. The van der Waals surface area contributed by atoms with Gasteiger partial charge < -0.3 is 26.3 Å². The second-order valence-electron chi connectivity index (χ2n) is 8.20. The molecule has 1 aliphatic carbocycles. The maximum atomic E-state index is 14.6. The highest BCUT2D eigenvalue weighted by Gasteiger charge is 2.33. The minimum atomic E-state index is -0.594. The number of halogens is 2. The quantitative estimate of drug-likeness (QED) is 0.452. The minimum absolute atomic E-state index is 0.0830. The van der Waals surface area contributed by atoms with E-state index >= 15 is 0 Å². The maximum Gasteiger partial charge on any atom is 0.227 e. The van der Waals surface area contributed by atoms with Crippen LogP contribution in [0.4, 0.5) is 14.7 Å². The lowest BCUT2D eigenvalue weighted by atomic mass is 9.83. The number of para-hydroxylation sites is 1. The summed E-state index contributed by atoms with van der Waals surface area (Å²) in [4.78, 5) is 13.4. The van der Waals surface area contributed by atoms with E-state index in [1.165, 1.54) is 6.07 Å². The Morgan fingerprint density at radius 2 is 2.06 bits per heavy atom. The highest BCUT2D eigenvalue weighted by atomic mass is 19.1. The van der Waals surface area contributed by atoms with Gasteiger partial charge in [0.25, 0.3) is 0 Å². The highest BCUT2D eigenvalue weighted by Crippen LogP contribution is 2.31. The molecule has 2 atom stereocenters. The molecule has 168 valence electrons. The molecule has 3 aromatic rings. The molecule has 0 aliphatic heterocycles. The van der Waals surface area contributed by atoms with Crippen molar-refractivity contribution in [2.75, 3.05) is 33.0 Å². The molecule has 1 aromatic carbocycles. The van der Waals surface area contributed by atoms with Crippen LogP contribution in [-0.4, -0.2) is 59.1 Å². The largest absolute Gasteiger partial charge is 0.358 e. The number of hydrogen-bond donors (Lipinski definition) is 4. The van der Waals surface area contributed by atoms with Crippen LogP contribution in [0.3, 0.4) is 0 Å². The van der Waals surface area contributed by atoms with Gasteiger partial charge in [-0.25, -0.2) is 18.7 Å². The van der Waals surface area contributed by atoms with Gasteiger partial charge in [-0.3, -0.25) is 0 Å². The van der Waals surface area contributed by atoms with Crippen molar-refractivity contribution in [1.82, 2.24) is 25.2 Å². The summed E-state index contributed by atoms with van der Waals surface area (Å²) >= 11 is 0. The fourth-order valence-corrected chi connectivity index (χ4v) is 3.92. The number of H-pyrrole nitrogens is 1. The topological polar surface area (TPSA) is 94.9 Å². The molecule has 32 heavy (non-hydrogen) atoms. The van der Waals surface area contributed by atoms with E-state index in [2.05, 4.69) is 30.5 Å². The molecule has 0 saturated heterocycles. The molecule has 1 aliphatic rings. The fraction of sp³-hybridized carbons (Fsp3) is 0.304. The lowest BCUT2D eigenvalue weighted by molar-refractivity contribution is 0.300. The van der Waals surface area contributed by atoms with E-state index in [-0.39, 0.29) is 23.2 Å². The molecular weight excluding hydrogens is 412 g/mol. The Bertz CT molecular complexity index is 1180. The van der Waals surface area contributed by atoms with Gasteiger partial charge in [-0.05, 0) is 52.3 Å². The van der Waals surface area contributed by atoms with Gasteiger partial charge in [-0.1, -0.05) is 18.2 Å². The number of nitrogens with two attached hydrogens (primary N) is 1. The lowest BCUT2D eigenvalue weighted by Gasteiger charge is -2.38. The molecule has 7 nitrogen and oxygen atoms in total. The summed E-state index contributed by atoms with van der Waals surface area (Å²) < 4.78 is 28.6. The molecule has 0 amide bonds. The molecule has 2 heterocycles. The monoisotopic (exact) mass is 439 g/mol. The van der Waals surface area contributed by atoms with E-state index in [9.17, 15) is 8.78 Å². The van der Waals surface area contributed by atoms with E-state index in [4.69, 9.17) is 5.73 Å². The predicted molar refractivity (Wildman–Crippen MR) is 123 cm³/mol. The summed E-state index contributed by atoms with van der Waals surface area (Å²) in [5, 5.41) is 7.00. The maximum absolute atomic E-state index is 14.6. The number of nitrogens with one attached hydrogen (secondary N) is 3. The smallest absolute Gasteiger partial charge is 0.227 e. The summed E-state index contributed by atoms with van der Waals surface area (Å²) in [6, 6.07) is 4.36. The van der Waals surface area contributed by atoms with Crippen molar-refractivity contribution in [3.05, 3.63) is 66.2 Å². The summed E-state index contributed by atoms with van der Waals surface area (Å²) in [6.07, 6.45) is 9.35. The minimum Gasteiger partial charge on any atom is -0.358 e. The van der Waals surface area contributed by atoms with E-state index < -0.39 is 11.6 Å². The number of fused-ring (bicyclic) bond motifs is 1. The van der Waals surface area contributed by atoms with Gasteiger partial charge in [0.1, 0.15) is 11.5 Å². The molecule has 4 rings (SSSR count). The number of hydrogen-bond acceptors (Lipinski definition) is 6. The van der Waals surface area contributed by atoms with Crippen LogP contribution in [-0.2, 0) is 0 Å². The molecule has 0 fully saturated rings. The van der Waals surface area contributed by atoms with Crippen LogP contribution in [0.25, 0.3) is 22.2 Å². The van der Waals surface area contributed by atoms with Gasteiger partial charge in [-0.15, -0.1) is 0 Å². The van der Waals surface area contributed by atoms with Crippen molar-refractivity contribution in [3.8, 4) is 11.3 Å². The van der Waals surface area contributed by atoms with E-state index in [1.807, 2.05) is 39.4 Å². The van der Waals surface area contributed by atoms with Crippen LogP contribution in [0.15, 0.2) is 54.5 Å². The Hall–Kier alpha value is -3.14. The van der Waals surface area contributed by atoms with E-state index in [0.29, 0.717) is 16.5 Å². The van der Waals surface area contributed by atoms with Crippen LogP contribution < -0.4 is 16.4 Å². The van der Waals surface area contributed by atoms with E-state index in [1.54, 1.807) is 18.3 Å². The van der Waals surface area contributed by atoms with Crippen molar-refractivity contribution in [2.45, 2.75) is 18.0 Å². The van der Waals surface area contributed by atoms with Gasteiger partial charge >= 0.3 is 0 Å². The lowest BCUT2D eigenvalue weighted by Crippen LogP contribution is -2.57. The number of aromatic nitrogens is 3. The molecule has 0 spiro atoms. The first kappa shape index (κ1) is 22.1. The number of allylic oxidation sites excluding steroid dienone is 1. The Kier molecular flexibility index (Phi) is 6.05. The summed E-state index contributed by atoms with van der Waals surface area (Å²) in [7, 11) is 5.94. The van der Waals surface area contributed by atoms with Gasteiger partial charge in [0, 0.05) is 28.9 Å². The number of rotatable bonds is 7. The van der Waals surface area contributed by atoms with Crippen molar-refractivity contribution in [1.29, 1.82) is 0 Å². The zero-order chi connectivity index (χ0) is 22.9. The molecule has 0 saturated carbocycles. The first-order chi connectivity index (χ1) is 15.3. The average Bonchev–Trinajstić information content (AvgIpc) is 3.20.